The summed E-state index contributed by atoms with van der Waals surface area (Å²) in [6, 6.07) is 40.5. The van der Waals surface area contributed by atoms with E-state index in [1.807, 2.05) is 97.1 Å². The van der Waals surface area contributed by atoms with E-state index in [-0.39, 0.29) is 0 Å². The first-order chi connectivity index (χ1) is 13.8. The SMILES string of the molecule is O[I-](OI(c1ccccc1)c1ccccc1)(c1ccccc1)c1ccccc1. The van der Waals surface area contributed by atoms with Crippen LogP contribution >= 0.6 is 20.2 Å². The van der Waals surface area contributed by atoms with Gasteiger partial charge < -0.3 is 0 Å². The predicted molar refractivity (Wildman–Crippen MR) is 118 cm³/mol. The van der Waals surface area contributed by atoms with Crippen LogP contribution in [0.1, 0.15) is 0 Å². The van der Waals surface area contributed by atoms with Gasteiger partial charge in [0, 0.05) is 0 Å². The summed E-state index contributed by atoms with van der Waals surface area (Å²) < 4.78 is 23.1. The van der Waals surface area contributed by atoms with Gasteiger partial charge >= 0.3 is 180 Å². The van der Waals surface area contributed by atoms with Crippen LogP contribution in [0, 0.1) is 14.3 Å². The van der Waals surface area contributed by atoms with E-state index in [0.29, 0.717) is 0 Å². The Bertz CT molecular complexity index is 915. The molecule has 0 aromatic heterocycles. The van der Waals surface area contributed by atoms with Crippen LogP contribution in [0.15, 0.2) is 121 Å². The van der Waals surface area contributed by atoms with E-state index in [2.05, 4.69) is 24.3 Å². The fourth-order valence-electron chi connectivity index (χ4n) is 2.70. The molecule has 0 atom stereocenters. The van der Waals surface area contributed by atoms with Crippen LogP contribution in [-0.4, -0.2) is 3.44 Å². The zero-order chi connectivity index (χ0) is 19.2. The van der Waals surface area contributed by atoms with Gasteiger partial charge in [-0.2, -0.15) is 0 Å². The Hall–Kier alpha value is -1.74. The van der Waals surface area contributed by atoms with E-state index < -0.39 is 39.5 Å². The van der Waals surface area contributed by atoms with E-state index >= 15 is 0 Å². The van der Waals surface area contributed by atoms with Crippen molar-refractivity contribution in [1.29, 1.82) is 0 Å². The number of halogens is 2. The summed E-state index contributed by atoms with van der Waals surface area (Å²) in [5, 5.41) is 0. The molecule has 1 N–H and O–H groups in total. The second kappa shape index (κ2) is 9.17. The number of hydrogen-bond acceptors (Lipinski definition) is 2. The van der Waals surface area contributed by atoms with E-state index in [0.717, 1.165) is 7.14 Å². The molecule has 0 amide bonds. The first-order valence-electron chi connectivity index (χ1n) is 8.88. The molecule has 0 spiro atoms. The van der Waals surface area contributed by atoms with Gasteiger partial charge in [0.1, 0.15) is 0 Å². The Morgan fingerprint density at radius 3 is 1.18 bits per heavy atom. The number of rotatable bonds is 6. The number of benzene rings is 4. The van der Waals surface area contributed by atoms with Crippen LogP contribution < -0.4 is 19.3 Å². The summed E-state index contributed by atoms with van der Waals surface area (Å²) in [6.45, 7) is 0. The van der Waals surface area contributed by atoms with Crippen molar-refractivity contribution < 1.29 is 24.1 Å². The molecule has 0 heterocycles. The second-order valence-corrected chi connectivity index (χ2v) is 17.7. The monoisotopic (exact) mass is 595 g/mol. The normalized spacial score (nSPS) is 12.4. The van der Waals surface area contributed by atoms with Crippen LogP contribution in [0.25, 0.3) is 0 Å². The summed E-state index contributed by atoms with van der Waals surface area (Å²) >= 11 is -6.21. The van der Waals surface area contributed by atoms with Gasteiger partial charge in [-0.1, -0.05) is 0 Å². The Kier molecular flexibility index (Phi) is 6.41. The fraction of sp³-hybridized carbons (Fsp3) is 0. The zero-order valence-electron chi connectivity index (χ0n) is 15.2. The second-order valence-electron chi connectivity index (χ2n) is 5.98. The molecule has 0 fully saturated rings. The third-order valence-electron chi connectivity index (χ3n) is 4.06. The molecule has 0 aliphatic rings. The molecule has 4 aromatic carbocycles. The van der Waals surface area contributed by atoms with Gasteiger partial charge in [-0.3, -0.25) is 0 Å². The first kappa shape index (κ1) is 19.6. The molecule has 4 rings (SSSR count). The van der Waals surface area contributed by atoms with Crippen LogP contribution in [0.2, 0.25) is 0 Å². The van der Waals surface area contributed by atoms with Crippen molar-refractivity contribution in [3.05, 3.63) is 136 Å². The van der Waals surface area contributed by atoms with Gasteiger partial charge in [-0.25, -0.2) is 0 Å². The van der Waals surface area contributed by atoms with Gasteiger partial charge in [0.15, 0.2) is 0 Å². The van der Waals surface area contributed by atoms with Crippen molar-refractivity contribution in [1.82, 2.24) is 0 Å². The van der Waals surface area contributed by atoms with Crippen molar-refractivity contribution >= 4 is 20.2 Å². The maximum atomic E-state index is 12.0. The average molecular weight is 595 g/mol. The Morgan fingerprint density at radius 1 is 0.500 bits per heavy atom. The maximum absolute atomic E-state index is 12.0. The van der Waals surface area contributed by atoms with Gasteiger partial charge in [-0.05, 0) is 0 Å². The average Bonchev–Trinajstić information content (AvgIpc) is 2.80. The van der Waals surface area contributed by atoms with Crippen LogP contribution in [0.4, 0.5) is 0 Å². The third kappa shape index (κ3) is 4.30. The van der Waals surface area contributed by atoms with E-state index in [1.54, 1.807) is 0 Å². The molecule has 0 aliphatic carbocycles. The number of hydrogen-bond donors (Lipinski definition) is 1. The minimum atomic E-state index is -3.91. The molecule has 0 bridgehead atoms. The third-order valence-corrected chi connectivity index (χ3v) is 18.9. The van der Waals surface area contributed by atoms with Gasteiger partial charge in [0.2, 0.25) is 0 Å². The minimum absolute atomic E-state index is 0.912. The Balaban J connectivity index is 1.84. The Morgan fingerprint density at radius 2 is 0.821 bits per heavy atom. The summed E-state index contributed by atoms with van der Waals surface area (Å²) in [4.78, 5) is 0. The molecule has 0 radical (unpaired) electrons. The van der Waals surface area contributed by atoms with Crippen LogP contribution in [0.3, 0.4) is 0 Å². The quantitative estimate of drug-likeness (QED) is 0.348. The standard InChI is InChI=1S/C24H21I2O2/c27-26(23-17-9-3-10-18-23,24-19-11-4-12-20-24)28-25(21-13-5-1-6-14-21)22-15-7-2-8-16-22/h1-20,27H/q-1. The van der Waals surface area contributed by atoms with E-state index in [9.17, 15) is 3.44 Å². The van der Waals surface area contributed by atoms with Crippen LogP contribution in [-0.2, 0) is 1.40 Å². The molecule has 144 valence electrons. The van der Waals surface area contributed by atoms with Gasteiger partial charge in [0.05, 0.1) is 0 Å². The molecule has 0 unspecified atom stereocenters. The summed E-state index contributed by atoms with van der Waals surface area (Å²) in [5.41, 5.74) is 0. The summed E-state index contributed by atoms with van der Waals surface area (Å²) in [7, 11) is 0. The molecule has 28 heavy (non-hydrogen) atoms. The molecular weight excluding hydrogens is 574 g/mol. The molecule has 2 nitrogen and oxygen atoms in total. The fourth-order valence-corrected chi connectivity index (χ4v) is 18.7. The molecule has 0 aliphatic heterocycles. The van der Waals surface area contributed by atoms with E-state index in [4.69, 9.17) is 1.40 Å². The van der Waals surface area contributed by atoms with Crippen molar-refractivity contribution in [2.45, 2.75) is 0 Å². The molecule has 4 aromatic rings. The zero-order valence-corrected chi connectivity index (χ0v) is 19.5. The van der Waals surface area contributed by atoms with Crippen molar-refractivity contribution in [2.24, 2.45) is 0 Å². The summed E-state index contributed by atoms with van der Waals surface area (Å²) in [5.74, 6) is 0. The van der Waals surface area contributed by atoms with Gasteiger partial charge in [-0.15, -0.1) is 0 Å². The van der Waals surface area contributed by atoms with Gasteiger partial charge in [0.25, 0.3) is 0 Å². The summed E-state index contributed by atoms with van der Waals surface area (Å²) in [6.07, 6.45) is 0. The Labute approximate surface area is 178 Å². The molecule has 0 saturated carbocycles. The predicted octanol–water partition coefficient (Wildman–Crippen LogP) is 2.89. The van der Waals surface area contributed by atoms with Crippen LogP contribution in [0.5, 0.6) is 0 Å². The van der Waals surface area contributed by atoms with Crippen molar-refractivity contribution in [3.8, 4) is 0 Å². The van der Waals surface area contributed by atoms with Crippen molar-refractivity contribution in [3.63, 3.8) is 0 Å². The molecule has 4 heteroatoms. The first-order valence-corrected chi connectivity index (χ1v) is 15.9. The molecular formula is C24H21I2O2-. The van der Waals surface area contributed by atoms with E-state index in [1.165, 1.54) is 7.14 Å². The van der Waals surface area contributed by atoms with Crippen molar-refractivity contribution in [2.75, 3.05) is 0 Å². The molecule has 0 saturated heterocycles. The topological polar surface area (TPSA) is 29.5 Å².